The Labute approximate surface area is 360 Å². The Morgan fingerprint density at radius 1 is 1.02 bits per heavy atom. The van der Waals surface area contributed by atoms with Crippen molar-refractivity contribution >= 4 is 39.4 Å². The van der Waals surface area contributed by atoms with E-state index in [-0.39, 0.29) is 36.0 Å². The van der Waals surface area contributed by atoms with Gasteiger partial charge in [0.1, 0.15) is 17.7 Å². The molecule has 1 aliphatic carbocycles. The van der Waals surface area contributed by atoms with Crippen molar-refractivity contribution < 1.29 is 43.9 Å². The van der Waals surface area contributed by atoms with Crippen molar-refractivity contribution in [2.75, 3.05) is 38.2 Å². The Hall–Kier alpha value is -2.23. The zero-order chi connectivity index (χ0) is 42.6. The van der Waals surface area contributed by atoms with Crippen molar-refractivity contribution in [3.63, 3.8) is 0 Å². The molecule has 0 spiro atoms. The molecule has 59 heavy (non-hydrogen) atoms. The fourth-order valence-corrected chi connectivity index (χ4v) is 12.8. The van der Waals surface area contributed by atoms with Crippen LogP contribution >= 0.6 is 21.6 Å². The molecule has 1 aromatic carbocycles. The van der Waals surface area contributed by atoms with Crippen LogP contribution in [0.5, 0.6) is 11.5 Å². The highest BCUT2D eigenvalue weighted by Crippen LogP contribution is 2.46. The molecule has 334 valence electrons. The monoisotopic (exact) mass is 863 g/mol. The van der Waals surface area contributed by atoms with Crippen LogP contribution in [0.2, 0.25) is 0 Å². The van der Waals surface area contributed by atoms with Crippen LogP contribution in [0.25, 0.3) is 0 Å². The predicted molar refractivity (Wildman–Crippen MR) is 234 cm³/mol. The summed E-state index contributed by atoms with van der Waals surface area (Å²) < 4.78 is 18.7. The van der Waals surface area contributed by atoms with Gasteiger partial charge >= 0.3 is 11.9 Å². The van der Waals surface area contributed by atoms with Crippen molar-refractivity contribution in [3.05, 3.63) is 23.8 Å². The van der Waals surface area contributed by atoms with Crippen molar-refractivity contribution in [3.8, 4) is 11.5 Å². The van der Waals surface area contributed by atoms with Gasteiger partial charge in [0, 0.05) is 42.7 Å². The number of carbonyl (C=O) groups excluding carboxylic acids is 3. The number of aromatic hydroxyl groups is 1. The van der Waals surface area contributed by atoms with Crippen LogP contribution in [0.1, 0.15) is 130 Å². The zero-order valence-electron chi connectivity index (χ0n) is 36.2. The van der Waals surface area contributed by atoms with Gasteiger partial charge in [-0.25, -0.2) is 4.79 Å². The summed E-state index contributed by atoms with van der Waals surface area (Å²) in [6.45, 7) is 9.88. The number of esters is 2. The Bertz CT molecular complexity index is 1530. The second kappa shape index (κ2) is 22.2. The number of benzene rings is 1. The van der Waals surface area contributed by atoms with E-state index in [4.69, 9.17) is 14.2 Å². The molecule has 4 fully saturated rings. The maximum absolute atomic E-state index is 14.9. The number of amides is 1. The average molecular weight is 864 g/mol. The third-order valence-electron chi connectivity index (χ3n) is 13.6. The van der Waals surface area contributed by atoms with Gasteiger partial charge < -0.3 is 45.5 Å². The summed E-state index contributed by atoms with van der Waals surface area (Å²) in [5.41, 5.74) is -1.76. The van der Waals surface area contributed by atoms with E-state index in [1.165, 1.54) is 14.0 Å². The number of fused-ring (bicyclic) bond motifs is 1. The molecule has 1 amide bonds. The van der Waals surface area contributed by atoms with Gasteiger partial charge in [-0.2, -0.15) is 0 Å². The number of hydrogen-bond acceptors (Lipinski definition) is 13. The molecule has 0 radical (unpaired) electrons. The van der Waals surface area contributed by atoms with Crippen LogP contribution in [0.15, 0.2) is 18.2 Å². The molecule has 1 saturated carbocycles. The number of ether oxygens (including phenoxy) is 3. The first kappa shape index (κ1) is 47.8. The van der Waals surface area contributed by atoms with Gasteiger partial charge in [-0.15, -0.1) is 0 Å². The Morgan fingerprint density at radius 3 is 2.53 bits per heavy atom. The molecule has 0 aromatic heterocycles. The summed E-state index contributed by atoms with van der Waals surface area (Å²) in [5.74, 6) is 0.944. The third-order valence-corrected chi connectivity index (χ3v) is 16.2. The minimum absolute atomic E-state index is 0.0188. The number of methoxy groups -OCH3 is 1. The number of phenols is 1. The lowest BCUT2D eigenvalue weighted by Gasteiger charge is -2.49. The molecule has 12 nitrogen and oxygen atoms in total. The minimum Gasteiger partial charge on any atom is -0.504 e. The van der Waals surface area contributed by atoms with E-state index in [9.17, 15) is 29.7 Å². The van der Waals surface area contributed by atoms with Gasteiger partial charge in [-0.3, -0.25) is 9.59 Å². The number of piperidine rings is 2. The smallest absolute Gasteiger partial charge is 0.332 e. The number of carbonyl (C=O) groups is 3. The molecule has 3 aliphatic heterocycles. The minimum atomic E-state index is -1.11. The summed E-state index contributed by atoms with van der Waals surface area (Å²) in [6.07, 6.45) is 8.38. The van der Waals surface area contributed by atoms with Crippen molar-refractivity contribution in [2.24, 2.45) is 23.2 Å². The normalized spacial score (nSPS) is 30.4. The third kappa shape index (κ3) is 13.4. The van der Waals surface area contributed by atoms with Crippen LogP contribution in [0.4, 0.5) is 0 Å². The van der Waals surface area contributed by atoms with Gasteiger partial charge in [-0.1, -0.05) is 54.3 Å². The summed E-state index contributed by atoms with van der Waals surface area (Å²) in [7, 11) is 4.82. The largest absolute Gasteiger partial charge is 0.504 e. The summed E-state index contributed by atoms with van der Waals surface area (Å²) in [6, 6.07) is 5.19. The maximum atomic E-state index is 14.9. The number of phenolic OH excluding ortho intramolecular Hbond substituents is 1. The second-order valence-corrected chi connectivity index (χ2v) is 21.2. The second-order valence-electron chi connectivity index (χ2n) is 18.7. The van der Waals surface area contributed by atoms with Gasteiger partial charge in [0.15, 0.2) is 11.5 Å². The van der Waals surface area contributed by atoms with E-state index in [1.807, 2.05) is 19.1 Å². The van der Waals surface area contributed by atoms with Crippen LogP contribution in [-0.4, -0.2) is 107 Å². The highest BCUT2D eigenvalue weighted by atomic mass is 33.1. The molecule has 4 aliphatic rings. The lowest BCUT2D eigenvalue weighted by atomic mass is 9.66. The first-order valence-corrected chi connectivity index (χ1v) is 24.8. The van der Waals surface area contributed by atoms with Crippen LogP contribution < -0.4 is 20.7 Å². The first-order chi connectivity index (χ1) is 28.1. The highest BCUT2D eigenvalue weighted by Gasteiger charge is 2.54. The molecule has 14 heteroatoms. The number of aliphatic hydroxyl groups is 2. The standard InChI is InChI=1S/C45H73N3O9S2/c1-30(2)9-8-22-47-35-28-58-59-29-43(4,54)19-17-33(12-15-36(35)50)38(56-31(3)49)26-40(57-42(53)45-18-7-6-10-34(45)13-16-41(52)48-45)44(20-23-46-24-21-44)27-32-11-14-37(51)39(25-32)55-5/h11,14,25,30,33-36,38,40,46-47,50-51,54H,6-10,12-13,15-24,26-29H2,1-5H3,(H,48,52)/t33-,34+,35-,36+,38-,40+,43-,45+/m0/s1. The fraction of sp³-hybridized carbons (Fsp3) is 0.800. The summed E-state index contributed by atoms with van der Waals surface area (Å²) in [5, 5.41) is 44.0. The topological polar surface area (TPSA) is 176 Å². The van der Waals surface area contributed by atoms with E-state index in [1.54, 1.807) is 27.7 Å². The van der Waals surface area contributed by atoms with Gasteiger partial charge in [0.2, 0.25) is 5.91 Å². The quantitative estimate of drug-likeness (QED) is 0.0645. The molecule has 1 aromatic rings. The predicted octanol–water partition coefficient (Wildman–Crippen LogP) is 6.46. The molecule has 6 N–H and O–H groups in total. The Morgan fingerprint density at radius 2 is 1.80 bits per heavy atom. The van der Waals surface area contributed by atoms with Crippen LogP contribution in [0.3, 0.4) is 0 Å². The summed E-state index contributed by atoms with van der Waals surface area (Å²) in [4.78, 5) is 41.1. The number of rotatable bonds is 15. The first-order valence-electron chi connectivity index (χ1n) is 22.3. The lowest BCUT2D eigenvalue weighted by molar-refractivity contribution is -0.180. The van der Waals surface area contributed by atoms with Crippen LogP contribution in [0, 0.1) is 23.2 Å². The number of hydrogen-bond donors (Lipinski definition) is 6. The Balaban J connectivity index is 1.51. The fourth-order valence-electron chi connectivity index (χ4n) is 10.00. The molecular weight excluding hydrogens is 791 g/mol. The molecule has 0 unspecified atom stereocenters. The van der Waals surface area contributed by atoms with Gasteiger partial charge in [0.05, 0.1) is 18.8 Å². The van der Waals surface area contributed by atoms with Crippen LogP contribution in [-0.2, 0) is 30.3 Å². The van der Waals surface area contributed by atoms with E-state index >= 15 is 0 Å². The van der Waals surface area contributed by atoms with Gasteiger partial charge in [-0.05, 0) is 139 Å². The van der Waals surface area contributed by atoms with Crippen molar-refractivity contribution in [1.29, 1.82) is 0 Å². The average Bonchev–Trinajstić information content (AvgIpc) is 3.19. The van der Waals surface area contributed by atoms with E-state index < -0.39 is 46.8 Å². The SMILES string of the molecule is COc1cc(CC2([C@@H](C[C@H](OC(C)=O)[C@H]3CC[C@@H](O)[C@@H](NCCCC(C)C)CSSC[C@@](C)(O)CC3)OC(=O)[C@@]34CCCC[C@@H]3CCC(=O)N4)CCNCC2)ccc1O. The molecular formula is C45H73N3O9S2. The molecule has 0 bridgehead atoms. The summed E-state index contributed by atoms with van der Waals surface area (Å²) >= 11 is 0. The molecule has 3 saturated heterocycles. The molecule has 3 heterocycles. The lowest BCUT2D eigenvalue weighted by Crippen LogP contribution is -2.65. The van der Waals surface area contributed by atoms with E-state index in [0.717, 1.165) is 44.2 Å². The highest BCUT2D eigenvalue weighted by molar-refractivity contribution is 8.76. The number of nitrogens with one attached hydrogen (secondary N) is 3. The van der Waals surface area contributed by atoms with E-state index in [2.05, 4.69) is 29.8 Å². The van der Waals surface area contributed by atoms with Gasteiger partial charge in [0.25, 0.3) is 0 Å². The molecule has 8 atom stereocenters. The van der Waals surface area contributed by atoms with Crippen molar-refractivity contribution in [2.45, 2.75) is 166 Å². The number of aliphatic hydroxyl groups excluding tert-OH is 1. The van der Waals surface area contributed by atoms with Crippen molar-refractivity contribution in [1.82, 2.24) is 16.0 Å². The zero-order valence-corrected chi connectivity index (χ0v) is 37.9. The van der Waals surface area contributed by atoms with E-state index in [0.29, 0.717) is 100 Å². The maximum Gasteiger partial charge on any atom is 0.332 e. The molecule has 5 rings (SSSR count). The Kier molecular flexibility index (Phi) is 18.0.